The Hall–Kier alpha value is -2.82. The van der Waals surface area contributed by atoms with Gasteiger partial charge in [0.2, 0.25) is 0 Å². The van der Waals surface area contributed by atoms with Crippen LogP contribution in [0.25, 0.3) is 0 Å². The van der Waals surface area contributed by atoms with Gasteiger partial charge in [-0.05, 0) is 73.8 Å². The Morgan fingerprint density at radius 2 is 1.66 bits per heavy atom. The van der Waals surface area contributed by atoms with Crippen molar-refractivity contribution in [2.45, 2.75) is 68.9 Å². The van der Waals surface area contributed by atoms with Gasteiger partial charge in [-0.2, -0.15) is 0 Å². The highest BCUT2D eigenvalue weighted by atomic mass is 16.4. The Morgan fingerprint density at radius 1 is 1.00 bits per heavy atom. The van der Waals surface area contributed by atoms with Crippen molar-refractivity contribution < 1.29 is 14.7 Å². The molecule has 2 amide bonds. The lowest BCUT2D eigenvalue weighted by Gasteiger charge is -2.62. The molecule has 4 aliphatic rings. The Labute approximate surface area is 189 Å². The molecule has 2 aromatic carbocycles. The van der Waals surface area contributed by atoms with Crippen LogP contribution in [0.15, 0.2) is 54.6 Å². The van der Waals surface area contributed by atoms with Gasteiger partial charge in [0.15, 0.2) is 0 Å². The first kappa shape index (κ1) is 21.0. The second kappa shape index (κ2) is 7.95. The van der Waals surface area contributed by atoms with Gasteiger partial charge in [-0.15, -0.1) is 0 Å². The van der Waals surface area contributed by atoms with E-state index in [4.69, 9.17) is 0 Å². The SMILES string of the molecule is Cc1ccc(C23C[C@@H]4C[C@H](CC(NC(=O)N[C@@H](Cc5ccccc5)C(=O)O)(C4)C2)C3)cc1. The summed E-state index contributed by atoms with van der Waals surface area (Å²) in [5.41, 5.74) is 3.45. The molecule has 0 spiro atoms. The summed E-state index contributed by atoms with van der Waals surface area (Å²) in [6.07, 6.45) is 6.87. The molecule has 5 heteroatoms. The number of rotatable bonds is 6. The zero-order valence-electron chi connectivity index (χ0n) is 18.6. The van der Waals surface area contributed by atoms with E-state index in [9.17, 15) is 14.7 Å². The third-order valence-corrected chi connectivity index (χ3v) is 7.99. The number of benzene rings is 2. The monoisotopic (exact) mass is 432 g/mol. The minimum absolute atomic E-state index is 0.126. The summed E-state index contributed by atoms with van der Waals surface area (Å²) < 4.78 is 0. The predicted molar refractivity (Wildman–Crippen MR) is 124 cm³/mol. The zero-order valence-corrected chi connectivity index (χ0v) is 18.6. The minimum atomic E-state index is -1.01. The Kier molecular flexibility index (Phi) is 5.23. The van der Waals surface area contributed by atoms with Crippen LogP contribution >= 0.6 is 0 Å². The maximum Gasteiger partial charge on any atom is 0.326 e. The fourth-order valence-corrected chi connectivity index (χ4v) is 7.14. The molecular weight excluding hydrogens is 400 g/mol. The Morgan fingerprint density at radius 3 is 2.28 bits per heavy atom. The lowest BCUT2D eigenvalue weighted by Crippen LogP contribution is -2.66. The second-order valence-corrected chi connectivity index (χ2v) is 10.6. The first-order valence-corrected chi connectivity index (χ1v) is 11.8. The number of carbonyl (C=O) groups is 2. The summed E-state index contributed by atoms with van der Waals surface area (Å²) in [7, 11) is 0. The topological polar surface area (TPSA) is 78.4 Å². The average Bonchev–Trinajstić information content (AvgIpc) is 2.73. The molecule has 5 nitrogen and oxygen atoms in total. The van der Waals surface area contributed by atoms with E-state index < -0.39 is 12.0 Å². The number of hydrogen-bond donors (Lipinski definition) is 3. The van der Waals surface area contributed by atoms with Crippen molar-refractivity contribution in [3.63, 3.8) is 0 Å². The van der Waals surface area contributed by atoms with Crippen LogP contribution in [0.2, 0.25) is 0 Å². The van der Waals surface area contributed by atoms with Crippen LogP contribution in [0.5, 0.6) is 0 Å². The van der Waals surface area contributed by atoms with Gasteiger partial charge in [-0.3, -0.25) is 0 Å². The number of carboxylic acid groups (broad SMARTS) is 1. The van der Waals surface area contributed by atoms with E-state index in [1.54, 1.807) is 0 Å². The minimum Gasteiger partial charge on any atom is -0.480 e. The maximum atomic E-state index is 13.0. The number of hydrogen-bond acceptors (Lipinski definition) is 2. The number of aryl methyl sites for hydroxylation is 1. The molecule has 3 N–H and O–H groups in total. The van der Waals surface area contributed by atoms with E-state index in [1.807, 2.05) is 30.3 Å². The van der Waals surface area contributed by atoms with Crippen LogP contribution in [-0.2, 0) is 16.6 Å². The van der Waals surface area contributed by atoms with Crippen molar-refractivity contribution in [3.05, 3.63) is 71.3 Å². The first-order chi connectivity index (χ1) is 15.3. The van der Waals surface area contributed by atoms with Crippen LogP contribution in [0, 0.1) is 18.8 Å². The van der Waals surface area contributed by atoms with Gasteiger partial charge in [0.05, 0.1) is 0 Å². The normalized spacial score (nSPS) is 31.2. The van der Waals surface area contributed by atoms with Crippen molar-refractivity contribution >= 4 is 12.0 Å². The van der Waals surface area contributed by atoms with E-state index in [0.717, 1.165) is 24.8 Å². The summed E-state index contributed by atoms with van der Waals surface area (Å²) in [5, 5.41) is 15.7. The molecule has 4 saturated carbocycles. The highest BCUT2D eigenvalue weighted by molar-refractivity contribution is 5.83. The summed E-state index contributed by atoms with van der Waals surface area (Å²) in [5.74, 6) is 0.237. The van der Waals surface area contributed by atoms with Crippen molar-refractivity contribution in [1.82, 2.24) is 10.6 Å². The molecule has 0 aliphatic heterocycles. The number of amides is 2. The molecule has 4 aliphatic carbocycles. The quantitative estimate of drug-likeness (QED) is 0.625. The number of nitrogens with one attached hydrogen (secondary N) is 2. The Balaban J connectivity index is 1.32. The van der Waals surface area contributed by atoms with Gasteiger partial charge < -0.3 is 15.7 Å². The number of urea groups is 1. The van der Waals surface area contributed by atoms with Gasteiger partial charge in [0, 0.05) is 12.0 Å². The largest absolute Gasteiger partial charge is 0.480 e. The molecule has 0 aromatic heterocycles. The molecule has 0 heterocycles. The van der Waals surface area contributed by atoms with E-state index >= 15 is 0 Å². The molecule has 0 saturated heterocycles. The average molecular weight is 433 g/mol. The van der Waals surface area contributed by atoms with Crippen LogP contribution in [0.3, 0.4) is 0 Å². The lowest BCUT2D eigenvalue weighted by molar-refractivity contribution is -0.139. The summed E-state index contributed by atoms with van der Waals surface area (Å²) in [6.45, 7) is 2.12. The van der Waals surface area contributed by atoms with Gasteiger partial charge >= 0.3 is 12.0 Å². The summed E-state index contributed by atoms with van der Waals surface area (Å²) >= 11 is 0. The highest BCUT2D eigenvalue weighted by Gasteiger charge is 2.58. The van der Waals surface area contributed by atoms with Gasteiger partial charge in [0.1, 0.15) is 6.04 Å². The maximum absolute atomic E-state index is 13.0. The van der Waals surface area contributed by atoms with Crippen LogP contribution < -0.4 is 10.6 Å². The molecule has 4 fully saturated rings. The Bertz CT molecular complexity index is 987. The lowest BCUT2D eigenvalue weighted by atomic mass is 9.45. The number of carboxylic acids is 1. The molecule has 0 radical (unpaired) electrons. The third kappa shape index (κ3) is 4.01. The fourth-order valence-electron chi connectivity index (χ4n) is 7.14. The molecular formula is C27H32N2O3. The van der Waals surface area contributed by atoms with Crippen molar-refractivity contribution in [2.75, 3.05) is 0 Å². The van der Waals surface area contributed by atoms with Gasteiger partial charge in [-0.25, -0.2) is 9.59 Å². The molecule has 2 aromatic rings. The van der Waals surface area contributed by atoms with Crippen molar-refractivity contribution in [2.24, 2.45) is 11.8 Å². The smallest absolute Gasteiger partial charge is 0.326 e. The molecule has 6 rings (SSSR count). The molecule has 0 unspecified atom stereocenters. The first-order valence-electron chi connectivity index (χ1n) is 11.8. The van der Waals surface area contributed by atoms with Crippen molar-refractivity contribution in [3.8, 4) is 0 Å². The van der Waals surface area contributed by atoms with Crippen molar-refractivity contribution in [1.29, 1.82) is 0 Å². The van der Waals surface area contributed by atoms with Crippen LogP contribution in [-0.4, -0.2) is 28.7 Å². The van der Waals surface area contributed by atoms with E-state index in [1.165, 1.54) is 30.4 Å². The van der Waals surface area contributed by atoms with Crippen LogP contribution in [0.4, 0.5) is 4.79 Å². The highest BCUT2D eigenvalue weighted by Crippen LogP contribution is 2.62. The fraction of sp³-hybridized carbons (Fsp3) is 0.481. The summed E-state index contributed by atoms with van der Waals surface area (Å²) in [4.78, 5) is 24.9. The summed E-state index contributed by atoms with van der Waals surface area (Å²) in [6, 6.07) is 17.1. The molecule has 4 bridgehead atoms. The number of carbonyl (C=O) groups excluding carboxylic acids is 1. The zero-order chi connectivity index (χ0) is 22.3. The van der Waals surface area contributed by atoms with Crippen LogP contribution in [0.1, 0.15) is 55.2 Å². The van der Waals surface area contributed by atoms with E-state index in [2.05, 4.69) is 41.8 Å². The van der Waals surface area contributed by atoms with E-state index in [-0.39, 0.29) is 23.4 Å². The van der Waals surface area contributed by atoms with E-state index in [0.29, 0.717) is 11.8 Å². The second-order valence-electron chi connectivity index (χ2n) is 10.6. The molecule has 3 atom stereocenters. The third-order valence-electron chi connectivity index (χ3n) is 7.99. The standard InChI is InChI=1S/C27H32N2O3/c1-18-7-9-22(10-8-18)26-13-20-11-21(14-26)16-27(15-20,17-26)29-25(32)28-23(24(30)31)12-19-5-3-2-4-6-19/h2-10,20-21,23H,11-17H2,1H3,(H,30,31)(H2,28,29,32)/t20-,21-,23-,26?,27?/m0/s1. The molecule has 32 heavy (non-hydrogen) atoms. The molecule has 168 valence electrons. The predicted octanol–water partition coefficient (Wildman–Crippen LogP) is 4.58. The van der Waals surface area contributed by atoms with Gasteiger partial charge in [0.25, 0.3) is 0 Å². The number of aliphatic carboxylic acids is 1. The van der Waals surface area contributed by atoms with Gasteiger partial charge in [-0.1, -0.05) is 60.2 Å².